The molecule has 0 aliphatic heterocycles. The van der Waals surface area contributed by atoms with Crippen LogP contribution in [0, 0.1) is 10.1 Å². The lowest BCUT2D eigenvalue weighted by Crippen LogP contribution is -2.35. The van der Waals surface area contributed by atoms with E-state index in [1.807, 2.05) is 0 Å². The number of benzene rings is 1. The van der Waals surface area contributed by atoms with Crippen molar-refractivity contribution in [2.45, 2.75) is 38.3 Å². The summed E-state index contributed by atoms with van der Waals surface area (Å²) in [5.74, 6) is 0. The highest BCUT2D eigenvalue weighted by molar-refractivity contribution is 6.31. The zero-order valence-electron chi connectivity index (χ0n) is 11.3. The number of aliphatic hydroxyl groups is 1. The van der Waals surface area contributed by atoms with E-state index >= 15 is 0 Å². The normalized spacial score (nSPS) is 15.9. The summed E-state index contributed by atoms with van der Waals surface area (Å²) in [5, 5.41) is 20.7. The van der Waals surface area contributed by atoms with Crippen molar-refractivity contribution in [3.05, 3.63) is 38.9 Å². The molecule has 0 atom stereocenters. The standard InChI is InChI=1S/C14H19ClN2O3/c15-13-6-3-7-14(17(19)20)12(13)10-16(8-9-18)11-4-1-2-5-11/h3,6-7,11,18H,1-2,4-5,8-10H2. The van der Waals surface area contributed by atoms with Gasteiger partial charge in [0.1, 0.15) is 0 Å². The van der Waals surface area contributed by atoms with Crippen molar-refractivity contribution in [1.29, 1.82) is 0 Å². The molecule has 0 heterocycles. The molecule has 1 aliphatic carbocycles. The zero-order valence-corrected chi connectivity index (χ0v) is 12.1. The Morgan fingerprint density at radius 2 is 2.10 bits per heavy atom. The van der Waals surface area contributed by atoms with E-state index in [-0.39, 0.29) is 12.3 Å². The van der Waals surface area contributed by atoms with Crippen LogP contribution in [0.3, 0.4) is 0 Å². The summed E-state index contributed by atoms with van der Waals surface area (Å²) in [6.45, 7) is 0.989. The summed E-state index contributed by atoms with van der Waals surface area (Å²) in [6, 6.07) is 5.14. The molecule has 5 nitrogen and oxygen atoms in total. The van der Waals surface area contributed by atoms with Gasteiger partial charge in [-0.1, -0.05) is 30.5 Å². The smallest absolute Gasteiger partial charge is 0.275 e. The molecule has 0 aromatic heterocycles. The molecule has 0 saturated heterocycles. The monoisotopic (exact) mass is 298 g/mol. The maximum atomic E-state index is 11.1. The molecule has 1 fully saturated rings. The Labute approximate surface area is 123 Å². The molecule has 1 aromatic rings. The molecule has 0 unspecified atom stereocenters. The van der Waals surface area contributed by atoms with Crippen LogP contribution in [-0.4, -0.2) is 34.1 Å². The van der Waals surface area contributed by atoms with Crippen LogP contribution in [0.1, 0.15) is 31.2 Å². The van der Waals surface area contributed by atoms with Crippen LogP contribution in [0.4, 0.5) is 5.69 Å². The first-order valence-electron chi connectivity index (χ1n) is 6.90. The molecular weight excluding hydrogens is 280 g/mol. The Kier molecular flexibility index (Phi) is 5.34. The molecule has 1 saturated carbocycles. The lowest BCUT2D eigenvalue weighted by Gasteiger charge is -2.28. The van der Waals surface area contributed by atoms with Crippen LogP contribution < -0.4 is 0 Å². The highest BCUT2D eigenvalue weighted by Gasteiger charge is 2.26. The number of nitro benzene ring substituents is 1. The predicted octanol–water partition coefficient (Wildman–Crippen LogP) is 2.99. The number of hydrogen-bond acceptors (Lipinski definition) is 4. The second kappa shape index (κ2) is 7.02. The van der Waals surface area contributed by atoms with Crippen LogP contribution in [0.2, 0.25) is 5.02 Å². The highest BCUT2D eigenvalue weighted by atomic mass is 35.5. The van der Waals surface area contributed by atoms with Crippen molar-refractivity contribution in [2.24, 2.45) is 0 Å². The fraction of sp³-hybridized carbons (Fsp3) is 0.571. The molecule has 1 aliphatic rings. The van der Waals surface area contributed by atoms with Gasteiger partial charge in [-0.05, 0) is 18.9 Å². The second-order valence-corrected chi connectivity index (χ2v) is 5.53. The van der Waals surface area contributed by atoms with Gasteiger partial charge in [0.2, 0.25) is 0 Å². The SMILES string of the molecule is O=[N+]([O-])c1cccc(Cl)c1CN(CCO)C1CCCC1. The molecule has 0 spiro atoms. The Morgan fingerprint density at radius 1 is 1.40 bits per heavy atom. The summed E-state index contributed by atoms with van der Waals surface area (Å²) in [5.41, 5.74) is 0.595. The van der Waals surface area contributed by atoms with E-state index in [4.69, 9.17) is 11.6 Å². The maximum Gasteiger partial charge on any atom is 0.275 e. The predicted molar refractivity (Wildman–Crippen MR) is 77.9 cm³/mol. The fourth-order valence-electron chi connectivity index (χ4n) is 2.87. The Hall–Kier alpha value is -1.17. The Bertz CT molecular complexity index is 475. The first kappa shape index (κ1) is 15.2. The van der Waals surface area contributed by atoms with Gasteiger partial charge in [0.15, 0.2) is 0 Å². The van der Waals surface area contributed by atoms with Gasteiger partial charge in [-0.2, -0.15) is 0 Å². The van der Waals surface area contributed by atoms with E-state index in [9.17, 15) is 15.2 Å². The van der Waals surface area contributed by atoms with Gasteiger partial charge in [0.05, 0.1) is 22.1 Å². The minimum absolute atomic E-state index is 0.0503. The summed E-state index contributed by atoms with van der Waals surface area (Å²) in [4.78, 5) is 12.8. The fourth-order valence-corrected chi connectivity index (χ4v) is 3.10. The van der Waals surface area contributed by atoms with E-state index in [2.05, 4.69) is 4.90 Å². The van der Waals surface area contributed by atoms with E-state index in [1.54, 1.807) is 12.1 Å². The van der Waals surface area contributed by atoms with Crippen LogP contribution in [-0.2, 0) is 6.54 Å². The van der Waals surface area contributed by atoms with Crippen molar-refractivity contribution < 1.29 is 10.0 Å². The molecule has 20 heavy (non-hydrogen) atoms. The van der Waals surface area contributed by atoms with Gasteiger partial charge in [-0.15, -0.1) is 0 Å². The van der Waals surface area contributed by atoms with Crippen molar-refractivity contribution in [3.8, 4) is 0 Å². The number of halogens is 1. The van der Waals surface area contributed by atoms with Gasteiger partial charge >= 0.3 is 0 Å². The topological polar surface area (TPSA) is 66.6 Å². The summed E-state index contributed by atoms with van der Waals surface area (Å²) >= 11 is 6.13. The molecule has 1 N–H and O–H groups in total. The Balaban J connectivity index is 2.23. The first-order chi connectivity index (χ1) is 9.63. The lowest BCUT2D eigenvalue weighted by molar-refractivity contribution is -0.385. The average Bonchev–Trinajstić information content (AvgIpc) is 2.93. The van der Waals surface area contributed by atoms with E-state index in [0.717, 1.165) is 12.8 Å². The molecule has 0 amide bonds. The molecule has 110 valence electrons. The second-order valence-electron chi connectivity index (χ2n) is 5.13. The molecule has 0 bridgehead atoms. The largest absolute Gasteiger partial charge is 0.395 e. The van der Waals surface area contributed by atoms with Crippen molar-refractivity contribution >= 4 is 17.3 Å². The number of aliphatic hydroxyl groups excluding tert-OH is 1. The minimum Gasteiger partial charge on any atom is -0.395 e. The summed E-state index contributed by atoms with van der Waals surface area (Å²) in [7, 11) is 0. The van der Waals surface area contributed by atoms with Gasteiger partial charge in [-0.3, -0.25) is 15.0 Å². The third-order valence-electron chi connectivity index (χ3n) is 3.88. The van der Waals surface area contributed by atoms with E-state index in [1.165, 1.54) is 18.9 Å². The third kappa shape index (κ3) is 3.48. The quantitative estimate of drug-likeness (QED) is 0.647. The van der Waals surface area contributed by atoms with Crippen molar-refractivity contribution in [2.75, 3.05) is 13.2 Å². The van der Waals surface area contributed by atoms with Crippen LogP contribution in [0.5, 0.6) is 0 Å². The van der Waals surface area contributed by atoms with Gasteiger partial charge < -0.3 is 5.11 Å². The minimum atomic E-state index is -0.396. The Morgan fingerprint density at radius 3 is 2.70 bits per heavy atom. The first-order valence-corrected chi connectivity index (χ1v) is 7.28. The third-order valence-corrected chi connectivity index (χ3v) is 4.23. The molecule has 0 radical (unpaired) electrons. The molecule has 2 rings (SSSR count). The lowest BCUT2D eigenvalue weighted by atomic mass is 10.1. The number of nitrogens with zero attached hydrogens (tertiary/aromatic N) is 2. The van der Waals surface area contributed by atoms with Gasteiger partial charge in [0.25, 0.3) is 5.69 Å². The van der Waals surface area contributed by atoms with E-state index < -0.39 is 4.92 Å². The van der Waals surface area contributed by atoms with Gasteiger partial charge in [0, 0.05) is 25.2 Å². The van der Waals surface area contributed by atoms with Crippen molar-refractivity contribution in [3.63, 3.8) is 0 Å². The molecular formula is C14H19ClN2O3. The summed E-state index contributed by atoms with van der Waals surface area (Å²) < 4.78 is 0. The van der Waals surface area contributed by atoms with Crippen LogP contribution in [0.25, 0.3) is 0 Å². The molecule has 6 heteroatoms. The number of hydrogen-bond donors (Lipinski definition) is 1. The van der Waals surface area contributed by atoms with Crippen LogP contribution >= 0.6 is 11.6 Å². The van der Waals surface area contributed by atoms with Gasteiger partial charge in [-0.25, -0.2) is 0 Å². The zero-order chi connectivity index (χ0) is 14.5. The van der Waals surface area contributed by atoms with Crippen LogP contribution in [0.15, 0.2) is 18.2 Å². The number of nitro groups is 1. The number of rotatable bonds is 6. The maximum absolute atomic E-state index is 11.1. The highest BCUT2D eigenvalue weighted by Crippen LogP contribution is 2.31. The summed E-state index contributed by atoms with van der Waals surface area (Å²) in [6.07, 6.45) is 4.52. The van der Waals surface area contributed by atoms with Crippen molar-refractivity contribution in [1.82, 2.24) is 4.90 Å². The molecule has 1 aromatic carbocycles. The average molecular weight is 299 g/mol. The van der Waals surface area contributed by atoms with E-state index in [0.29, 0.717) is 29.7 Å².